The van der Waals surface area contributed by atoms with E-state index in [-0.39, 0.29) is 0 Å². The molecular weight excluding hydrogens is 131 g/mol. The summed E-state index contributed by atoms with van der Waals surface area (Å²) in [6.45, 7) is 2.54. The van der Waals surface area contributed by atoms with Crippen LogP contribution in [0.2, 0.25) is 0 Å². The molecule has 54 valence electrons. The van der Waals surface area contributed by atoms with E-state index in [0.29, 0.717) is 12.1 Å². The topological polar surface area (TPSA) is 58.3 Å². The molecule has 0 bridgehead atoms. The molecule has 1 rings (SSSR count). The Morgan fingerprint density at radius 2 is 2.40 bits per heavy atom. The van der Waals surface area contributed by atoms with Crippen LogP contribution in [0.15, 0.2) is 12.3 Å². The minimum atomic E-state index is -1.41. The molecule has 0 aliphatic rings. The predicted molar refractivity (Wildman–Crippen MR) is 37.7 cm³/mol. The van der Waals surface area contributed by atoms with E-state index in [4.69, 9.17) is 10.0 Å². The Bertz CT molecular complexity index is 211. The van der Waals surface area contributed by atoms with Gasteiger partial charge < -0.3 is 10.0 Å². The van der Waals surface area contributed by atoms with Crippen LogP contribution in [0.1, 0.15) is 6.92 Å². The fourth-order valence-electron chi connectivity index (χ4n) is 0.826. The summed E-state index contributed by atoms with van der Waals surface area (Å²) in [6, 6.07) is 1.58. The molecule has 1 aromatic heterocycles. The Hall–Kier alpha value is -0.805. The maximum atomic E-state index is 8.72. The zero-order valence-electron chi connectivity index (χ0n) is 5.73. The van der Waals surface area contributed by atoms with Gasteiger partial charge in [0.05, 0.1) is 5.59 Å². The van der Waals surface area contributed by atoms with Gasteiger partial charge in [-0.05, 0) is 13.0 Å². The van der Waals surface area contributed by atoms with Crippen LogP contribution < -0.4 is 5.59 Å². The fourth-order valence-corrected chi connectivity index (χ4v) is 0.826. The molecule has 0 aliphatic carbocycles. The summed E-state index contributed by atoms with van der Waals surface area (Å²) in [4.78, 5) is 0. The minimum absolute atomic E-state index is 0.433. The molecule has 1 aromatic rings. The van der Waals surface area contributed by atoms with Crippen molar-refractivity contribution in [2.24, 2.45) is 0 Å². The van der Waals surface area contributed by atoms with Gasteiger partial charge in [-0.1, -0.05) is 0 Å². The van der Waals surface area contributed by atoms with Gasteiger partial charge in [-0.25, -0.2) is 0 Å². The van der Waals surface area contributed by atoms with Crippen molar-refractivity contribution in [3.63, 3.8) is 0 Å². The highest BCUT2D eigenvalue weighted by Gasteiger charge is 2.14. The monoisotopic (exact) mass is 140 g/mol. The van der Waals surface area contributed by atoms with Crippen LogP contribution in [-0.2, 0) is 6.54 Å². The van der Waals surface area contributed by atoms with Gasteiger partial charge in [-0.2, -0.15) is 5.10 Å². The Kier molecular flexibility index (Phi) is 2.08. The first-order valence-corrected chi connectivity index (χ1v) is 3.13. The second kappa shape index (κ2) is 2.85. The molecule has 0 atom stereocenters. The average Bonchev–Trinajstić information content (AvgIpc) is 2.33. The summed E-state index contributed by atoms with van der Waals surface area (Å²) in [6.07, 6.45) is 1.54. The Balaban J connectivity index is 2.90. The molecule has 0 saturated heterocycles. The van der Waals surface area contributed by atoms with E-state index in [1.165, 1.54) is 10.9 Å². The van der Waals surface area contributed by atoms with Gasteiger partial charge in [0.1, 0.15) is 0 Å². The maximum absolute atomic E-state index is 8.72. The second-order valence-corrected chi connectivity index (χ2v) is 1.95. The van der Waals surface area contributed by atoms with Crippen LogP contribution in [0.4, 0.5) is 0 Å². The van der Waals surface area contributed by atoms with Crippen molar-refractivity contribution in [3.05, 3.63) is 12.3 Å². The molecule has 5 heteroatoms. The number of nitrogens with zero attached hydrogens (tertiary/aromatic N) is 2. The molecule has 0 radical (unpaired) electrons. The number of rotatable bonds is 2. The van der Waals surface area contributed by atoms with Crippen molar-refractivity contribution in [2.45, 2.75) is 13.5 Å². The molecule has 0 aliphatic heterocycles. The zero-order valence-corrected chi connectivity index (χ0v) is 5.73. The van der Waals surface area contributed by atoms with Gasteiger partial charge in [-0.3, -0.25) is 4.68 Å². The maximum Gasteiger partial charge on any atom is 0.507 e. The molecule has 0 amide bonds. The van der Waals surface area contributed by atoms with Crippen LogP contribution in [0.25, 0.3) is 0 Å². The average molecular weight is 140 g/mol. The normalized spacial score (nSPS) is 9.90. The van der Waals surface area contributed by atoms with Gasteiger partial charge in [0, 0.05) is 12.7 Å². The van der Waals surface area contributed by atoms with Gasteiger partial charge >= 0.3 is 7.12 Å². The molecular formula is C5H9BN2O2. The van der Waals surface area contributed by atoms with E-state index < -0.39 is 7.12 Å². The van der Waals surface area contributed by atoms with E-state index >= 15 is 0 Å². The highest BCUT2D eigenvalue weighted by atomic mass is 16.4. The minimum Gasteiger partial charge on any atom is -0.422 e. The molecule has 0 spiro atoms. The summed E-state index contributed by atoms with van der Waals surface area (Å²) in [5.41, 5.74) is 0.433. The third-order valence-corrected chi connectivity index (χ3v) is 1.31. The Labute approximate surface area is 59.2 Å². The lowest BCUT2D eigenvalue weighted by atomic mass is 9.86. The quantitative estimate of drug-likeness (QED) is 0.495. The molecule has 0 aromatic carbocycles. The van der Waals surface area contributed by atoms with Crippen molar-refractivity contribution in [1.82, 2.24) is 9.78 Å². The summed E-state index contributed by atoms with van der Waals surface area (Å²) >= 11 is 0. The number of hydrogen-bond acceptors (Lipinski definition) is 3. The zero-order chi connectivity index (χ0) is 7.56. The van der Waals surface area contributed by atoms with E-state index in [0.717, 1.165) is 0 Å². The Morgan fingerprint density at radius 1 is 1.70 bits per heavy atom. The first-order valence-electron chi connectivity index (χ1n) is 3.13. The van der Waals surface area contributed by atoms with Gasteiger partial charge in [-0.15, -0.1) is 0 Å². The molecule has 4 nitrogen and oxygen atoms in total. The summed E-state index contributed by atoms with van der Waals surface area (Å²) in [5, 5.41) is 21.3. The first-order chi connectivity index (χ1) is 4.75. The van der Waals surface area contributed by atoms with Crippen molar-refractivity contribution in [2.75, 3.05) is 0 Å². The summed E-state index contributed by atoms with van der Waals surface area (Å²) in [7, 11) is -1.41. The van der Waals surface area contributed by atoms with Gasteiger partial charge in [0.15, 0.2) is 0 Å². The van der Waals surface area contributed by atoms with Crippen molar-refractivity contribution in [1.29, 1.82) is 0 Å². The fraction of sp³-hybridized carbons (Fsp3) is 0.400. The van der Waals surface area contributed by atoms with Crippen molar-refractivity contribution >= 4 is 12.7 Å². The molecule has 10 heavy (non-hydrogen) atoms. The van der Waals surface area contributed by atoms with E-state index in [1.54, 1.807) is 6.07 Å². The highest BCUT2D eigenvalue weighted by molar-refractivity contribution is 6.57. The third-order valence-electron chi connectivity index (χ3n) is 1.31. The predicted octanol–water partition coefficient (Wildman–Crippen LogP) is -1.42. The van der Waals surface area contributed by atoms with Gasteiger partial charge in [0.2, 0.25) is 0 Å². The number of aryl methyl sites for hydroxylation is 1. The van der Waals surface area contributed by atoms with Crippen molar-refractivity contribution in [3.8, 4) is 0 Å². The van der Waals surface area contributed by atoms with Crippen molar-refractivity contribution < 1.29 is 10.0 Å². The van der Waals surface area contributed by atoms with Crippen LogP contribution in [-0.4, -0.2) is 26.9 Å². The lowest BCUT2D eigenvalue weighted by molar-refractivity contribution is 0.420. The lowest BCUT2D eigenvalue weighted by Crippen LogP contribution is -2.36. The standard InChI is InChI=1S/C5H9BN2O2/c1-2-8-5(6(9)10)3-4-7-8/h3-4,9-10H,2H2,1H3. The number of aromatic nitrogens is 2. The highest BCUT2D eigenvalue weighted by Crippen LogP contribution is 1.82. The molecule has 0 saturated carbocycles. The largest absolute Gasteiger partial charge is 0.507 e. The second-order valence-electron chi connectivity index (χ2n) is 1.95. The van der Waals surface area contributed by atoms with Crippen LogP contribution in [0.5, 0.6) is 0 Å². The molecule has 0 fully saturated rings. The van der Waals surface area contributed by atoms with E-state index in [2.05, 4.69) is 5.10 Å². The summed E-state index contributed by atoms with van der Waals surface area (Å²) < 4.78 is 1.53. The van der Waals surface area contributed by atoms with E-state index in [1.807, 2.05) is 6.92 Å². The van der Waals surface area contributed by atoms with E-state index in [9.17, 15) is 0 Å². The lowest BCUT2D eigenvalue weighted by Gasteiger charge is -2.00. The van der Waals surface area contributed by atoms with Crippen LogP contribution >= 0.6 is 0 Å². The SMILES string of the molecule is CCn1nccc1B(O)O. The molecule has 2 N–H and O–H groups in total. The third kappa shape index (κ3) is 1.20. The first kappa shape index (κ1) is 7.30. The molecule has 0 unspecified atom stereocenters. The summed E-state index contributed by atoms with van der Waals surface area (Å²) in [5.74, 6) is 0. The molecule has 1 heterocycles. The smallest absolute Gasteiger partial charge is 0.422 e. The Morgan fingerprint density at radius 3 is 2.80 bits per heavy atom. The van der Waals surface area contributed by atoms with Crippen LogP contribution in [0.3, 0.4) is 0 Å². The van der Waals surface area contributed by atoms with Gasteiger partial charge in [0.25, 0.3) is 0 Å². The number of hydrogen-bond donors (Lipinski definition) is 2. The van der Waals surface area contributed by atoms with Crippen LogP contribution in [0, 0.1) is 0 Å².